The fourth-order valence-corrected chi connectivity index (χ4v) is 0.961. The molecule has 0 aliphatic rings. The van der Waals surface area contributed by atoms with E-state index < -0.39 is 36.5 Å². The predicted octanol–water partition coefficient (Wildman–Crippen LogP) is 0.228. The van der Waals surface area contributed by atoms with E-state index in [2.05, 4.69) is 9.47 Å². The minimum Gasteiger partial charge on any atom is -0.468 e. The van der Waals surface area contributed by atoms with E-state index in [-0.39, 0.29) is 0 Å². The molecule has 0 saturated carbocycles. The van der Waals surface area contributed by atoms with Crippen LogP contribution in [0.5, 0.6) is 0 Å². The van der Waals surface area contributed by atoms with Gasteiger partial charge in [-0.3, -0.25) is 9.59 Å². The van der Waals surface area contributed by atoms with Crippen LogP contribution in [0.1, 0.15) is 6.42 Å². The topological polar surface area (TPSA) is 78.6 Å². The number of hydrogen-bond acceptors (Lipinski definition) is 5. The van der Waals surface area contributed by atoms with Crippen LogP contribution in [0.3, 0.4) is 0 Å². The van der Waals surface area contributed by atoms with Crippen LogP contribution >= 0.6 is 0 Å². The van der Waals surface area contributed by atoms with Gasteiger partial charge in [0, 0.05) is 0 Å². The molecular weight excluding hydrogens is 231 g/mol. The van der Waals surface area contributed by atoms with Crippen LogP contribution in [0, 0.1) is 5.92 Å². The maximum atomic E-state index is 12.1. The molecule has 0 aliphatic carbocycles. The molecule has 0 aliphatic heterocycles. The van der Waals surface area contributed by atoms with Gasteiger partial charge in [-0.1, -0.05) is 0 Å². The second-order valence-corrected chi connectivity index (χ2v) is 2.98. The highest BCUT2D eigenvalue weighted by Gasteiger charge is 2.42. The van der Waals surface area contributed by atoms with Crippen LogP contribution in [-0.4, -0.2) is 38.4 Å². The average Bonchev–Trinajstić information content (AvgIpc) is 2.21. The SMILES string of the molecule is COC(=O)C(CC(N)C(F)(F)F)C(=O)OC. The molecule has 0 spiro atoms. The Morgan fingerprint density at radius 2 is 1.56 bits per heavy atom. The fourth-order valence-electron chi connectivity index (χ4n) is 0.961. The largest absolute Gasteiger partial charge is 0.468 e. The molecule has 0 saturated heterocycles. The summed E-state index contributed by atoms with van der Waals surface area (Å²) in [7, 11) is 1.91. The van der Waals surface area contributed by atoms with Crippen molar-refractivity contribution in [2.24, 2.45) is 11.7 Å². The number of carbonyl (C=O) groups is 2. The molecule has 8 heteroatoms. The molecule has 0 aromatic heterocycles. The molecule has 0 aromatic carbocycles. The van der Waals surface area contributed by atoms with Crippen LogP contribution < -0.4 is 5.73 Å². The number of rotatable bonds is 4. The summed E-state index contributed by atoms with van der Waals surface area (Å²) >= 11 is 0. The van der Waals surface area contributed by atoms with Crippen molar-refractivity contribution in [2.75, 3.05) is 14.2 Å². The quantitative estimate of drug-likeness (QED) is 0.564. The monoisotopic (exact) mass is 243 g/mol. The zero-order chi connectivity index (χ0) is 12.9. The smallest absolute Gasteiger partial charge is 0.403 e. The maximum absolute atomic E-state index is 12.1. The molecule has 1 unspecified atom stereocenters. The van der Waals surface area contributed by atoms with E-state index in [9.17, 15) is 22.8 Å². The van der Waals surface area contributed by atoms with Gasteiger partial charge in [-0.15, -0.1) is 0 Å². The van der Waals surface area contributed by atoms with E-state index in [0.717, 1.165) is 14.2 Å². The third kappa shape index (κ3) is 4.05. The van der Waals surface area contributed by atoms with Crippen molar-refractivity contribution < 1.29 is 32.2 Å². The minimum absolute atomic E-state index is 0.900. The van der Waals surface area contributed by atoms with Gasteiger partial charge in [0.15, 0.2) is 5.92 Å². The van der Waals surface area contributed by atoms with Crippen molar-refractivity contribution in [3.8, 4) is 0 Å². The van der Waals surface area contributed by atoms with E-state index in [1.54, 1.807) is 0 Å². The highest BCUT2D eigenvalue weighted by Crippen LogP contribution is 2.24. The van der Waals surface area contributed by atoms with Crippen molar-refractivity contribution in [2.45, 2.75) is 18.6 Å². The molecule has 5 nitrogen and oxygen atoms in total. The van der Waals surface area contributed by atoms with E-state index in [1.807, 2.05) is 0 Å². The zero-order valence-corrected chi connectivity index (χ0v) is 8.71. The number of halogens is 3. The number of alkyl halides is 3. The molecule has 0 radical (unpaired) electrons. The summed E-state index contributed by atoms with van der Waals surface area (Å²) in [6.45, 7) is 0. The lowest BCUT2D eigenvalue weighted by molar-refractivity contribution is -0.167. The van der Waals surface area contributed by atoms with Crippen molar-refractivity contribution in [3.05, 3.63) is 0 Å². The molecular formula is C8H12F3NO4. The van der Waals surface area contributed by atoms with Gasteiger partial charge in [0.05, 0.1) is 14.2 Å². The lowest BCUT2D eigenvalue weighted by atomic mass is 10.0. The first-order chi connectivity index (χ1) is 7.23. The highest BCUT2D eigenvalue weighted by atomic mass is 19.4. The Morgan fingerprint density at radius 1 is 1.19 bits per heavy atom. The van der Waals surface area contributed by atoms with E-state index >= 15 is 0 Å². The van der Waals surface area contributed by atoms with Gasteiger partial charge in [0.25, 0.3) is 0 Å². The standard InChI is InChI=1S/C8H12F3NO4/c1-15-6(13)4(7(14)16-2)3-5(12)8(9,10)11/h4-5H,3,12H2,1-2H3. The average molecular weight is 243 g/mol. The number of carbonyl (C=O) groups excluding carboxylic acids is 2. The van der Waals surface area contributed by atoms with Crippen LogP contribution in [0.15, 0.2) is 0 Å². The molecule has 2 N–H and O–H groups in total. The first kappa shape index (κ1) is 14.7. The third-order valence-electron chi connectivity index (χ3n) is 1.88. The second-order valence-electron chi connectivity index (χ2n) is 2.98. The van der Waals surface area contributed by atoms with Crippen LogP contribution in [-0.2, 0) is 19.1 Å². The Labute approximate surface area is 89.7 Å². The molecule has 0 aromatic rings. The minimum atomic E-state index is -4.68. The predicted molar refractivity (Wildman–Crippen MR) is 46.2 cm³/mol. The molecule has 16 heavy (non-hydrogen) atoms. The van der Waals surface area contributed by atoms with Crippen molar-refractivity contribution >= 4 is 11.9 Å². The van der Waals surface area contributed by atoms with Gasteiger partial charge in [0.1, 0.15) is 6.04 Å². The first-order valence-electron chi connectivity index (χ1n) is 4.22. The van der Waals surface area contributed by atoms with E-state index in [1.165, 1.54) is 0 Å². The Morgan fingerprint density at radius 3 is 1.81 bits per heavy atom. The lowest BCUT2D eigenvalue weighted by Gasteiger charge is -2.19. The van der Waals surface area contributed by atoms with Crippen molar-refractivity contribution in [3.63, 3.8) is 0 Å². The molecule has 0 rings (SSSR count). The van der Waals surface area contributed by atoms with Gasteiger partial charge < -0.3 is 15.2 Å². The highest BCUT2D eigenvalue weighted by molar-refractivity contribution is 5.94. The molecule has 1 atom stereocenters. The summed E-state index contributed by atoms with van der Waals surface area (Å²) in [5.41, 5.74) is 4.80. The normalized spacial score (nSPS) is 13.4. The Hall–Kier alpha value is -1.31. The number of ether oxygens (including phenoxy) is 2. The van der Waals surface area contributed by atoms with Crippen molar-refractivity contribution in [1.82, 2.24) is 0 Å². The summed E-state index contributed by atoms with van der Waals surface area (Å²) in [5, 5.41) is 0. The molecule has 0 amide bonds. The zero-order valence-electron chi connectivity index (χ0n) is 8.71. The number of nitrogens with two attached hydrogens (primary N) is 1. The Bertz CT molecular complexity index is 250. The third-order valence-corrected chi connectivity index (χ3v) is 1.88. The molecule has 0 heterocycles. The summed E-state index contributed by atoms with van der Waals surface area (Å²) in [6.07, 6.45) is -5.58. The van der Waals surface area contributed by atoms with Gasteiger partial charge in [-0.25, -0.2) is 0 Å². The number of hydrogen-bond donors (Lipinski definition) is 1. The number of methoxy groups -OCH3 is 2. The van der Waals surface area contributed by atoms with Crippen LogP contribution in [0.25, 0.3) is 0 Å². The van der Waals surface area contributed by atoms with Gasteiger partial charge in [-0.2, -0.15) is 13.2 Å². The van der Waals surface area contributed by atoms with Crippen LogP contribution in [0.2, 0.25) is 0 Å². The van der Waals surface area contributed by atoms with E-state index in [4.69, 9.17) is 5.73 Å². The fraction of sp³-hybridized carbons (Fsp3) is 0.750. The van der Waals surface area contributed by atoms with Crippen LogP contribution in [0.4, 0.5) is 13.2 Å². The first-order valence-corrected chi connectivity index (χ1v) is 4.22. The Kier molecular flexibility index (Phi) is 5.22. The van der Waals surface area contributed by atoms with E-state index in [0.29, 0.717) is 0 Å². The lowest BCUT2D eigenvalue weighted by Crippen LogP contribution is -2.42. The van der Waals surface area contributed by atoms with Gasteiger partial charge in [-0.05, 0) is 6.42 Å². The Balaban J connectivity index is 4.68. The summed E-state index contributed by atoms with van der Waals surface area (Å²) in [6, 6.07) is -2.28. The second kappa shape index (κ2) is 5.69. The summed E-state index contributed by atoms with van der Waals surface area (Å²) in [4.78, 5) is 22.1. The molecule has 0 bridgehead atoms. The maximum Gasteiger partial charge on any atom is 0.403 e. The molecule has 94 valence electrons. The van der Waals surface area contributed by atoms with Gasteiger partial charge in [0.2, 0.25) is 0 Å². The number of esters is 2. The van der Waals surface area contributed by atoms with Crippen molar-refractivity contribution in [1.29, 1.82) is 0 Å². The summed E-state index contributed by atoms with van der Waals surface area (Å²) in [5.74, 6) is -3.87. The molecule has 0 fully saturated rings. The van der Waals surface area contributed by atoms with Gasteiger partial charge >= 0.3 is 18.1 Å². The summed E-state index contributed by atoms with van der Waals surface area (Å²) < 4.78 is 44.7.